The zero-order valence-electron chi connectivity index (χ0n) is 20.4. The summed E-state index contributed by atoms with van der Waals surface area (Å²) in [5.74, 6) is 0.708. The van der Waals surface area contributed by atoms with Crippen LogP contribution in [0.1, 0.15) is 55.5 Å². The van der Waals surface area contributed by atoms with Gasteiger partial charge in [0.2, 0.25) is 0 Å². The molecule has 0 bridgehead atoms. The molecule has 0 radical (unpaired) electrons. The number of esters is 1. The van der Waals surface area contributed by atoms with Gasteiger partial charge in [0.1, 0.15) is 22.6 Å². The Kier molecular flexibility index (Phi) is 7.79. The van der Waals surface area contributed by atoms with Crippen LogP contribution in [0.25, 0.3) is 10.6 Å². The topological polar surface area (TPSA) is 57.7 Å². The van der Waals surface area contributed by atoms with Gasteiger partial charge in [-0.05, 0) is 77.4 Å². The van der Waals surface area contributed by atoms with E-state index in [-0.39, 0.29) is 12.7 Å². The lowest BCUT2D eigenvalue weighted by Crippen LogP contribution is -2.39. The predicted molar refractivity (Wildman–Crippen MR) is 129 cm³/mol. The van der Waals surface area contributed by atoms with Gasteiger partial charge in [-0.1, -0.05) is 12.1 Å². The summed E-state index contributed by atoms with van der Waals surface area (Å²) in [6.07, 6.45) is -4.71. The van der Waals surface area contributed by atoms with Crippen molar-refractivity contribution in [2.45, 2.75) is 59.4 Å². The molecule has 0 saturated carbocycles. The van der Waals surface area contributed by atoms with Gasteiger partial charge < -0.3 is 14.2 Å². The third-order valence-corrected chi connectivity index (χ3v) is 6.62. The van der Waals surface area contributed by atoms with Crippen molar-refractivity contribution in [2.24, 2.45) is 0 Å². The number of hydrogen-bond acceptors (Lipinski definition) is 6. The van der Waals surface area contributed by atoms with Crippen molar-refractivity contribution in [1.29, 1.82) is 0 Å². The highest BCUT2D eigenvalue weighted by atomic mass is 32.1. The number of carbonyl (C=O) groups excluding carboxylic acids is 1. The first-order chi connectivity index (χ1) is 16.3. The maximum atomic E-state index is 12.8. The first-order valence-electron chi connectivity index (χ1n) is 11.1. The molecular weight excluding hydrogens is 479 g/mol. The maximum Gasteiger partial charge on any atom is 0.416 e. The van der Waals surface area contributed by atoms with Crippen molar-refractivity contribution < 1.29 is 32.2 Å². The Labute approximate surface area is 206 Å². The highest BCUT2D eigenvalue weighted by Gasteiger charge is 2.32. The maximum absolute atomic E-state index is 12.8. The molecule has 3 rings (SSSR count). The predicted octanol–water partition coefficient (Wildman–Crippen LogP) is 7.31. The smallest absolute Gasteiger partial charge is 0.416 e. The summed E-state index contributed by atoms with van der Waals surface area (Å²) in [7, 11) is 0. The Hall–Kier alpha value is -3.07. The van der Waals surface area contributed by atoms with Crippen LogP contribution in [-0.4, -0.2) is 23.2 Å². The van der Waals surface area contributed by atoms with Crippen molar-refractivity contribution in [3.8, 4) is 22.1 Å². The summed E-state index contributed by atoms with van der Waals surface area (Å²) in [6, 6.07) is 10.3. The van der Waals surface area contributed by atoms with E-state index >= 15 is 0 Å². The summed E-state index contributed by atoms with van der Waals surface area (Å²) in [6.45, 7) is 10.9. The number of hydrogen-bond donors (Lipinski definition) is 0. The minimum Gasteiger partial charge on any atom is -0.485 e. The van der Waals surface area contributed by atoms with Gasteiger partial charge in [-0.2, -0.15) is 13.2 Å². The van der Waals surface area contributed by atoms with E-state index in [0.29, 0.717) is 22.1 Å². The van der Waals surface area contributed by atoms with E-state index in [1.165, 1.54) is 23.5 Å². The molecule has 0 spiro atoms. The van der Waals surface area contributed by atoms with Crippen LogP contribution in [-0.2, 0) is 15.7 Å². The largest absolute Gasteiger partial charge is 0.485 e. The summed E-state index contributed by atoms with van der Waals surface area (Å²) in [5.41, 5.74) is 0.333. The summed E-state index contributed by atoms with van der Waals surface area (Å²) in [4.78, 5) is 17.5. The van der Waals surface area contributed by atoms with E-state index in [4.69, 9.17) is 14.2 Å². The lowest BCUT2D eigenvalue weighted by atomic mass is 10.1. The lowest BCUT2D eigenvalue weighted by Gasteiger charge is -2.25. The molecule has 2 aromatic carbocycles. The van der Waals surface area contributed by atoms with Crippen LogP contribution in [0, 0.1) is 13.8 Å². The Morgan fingerprint density at radius 1 is 1.09 bits per heavy atom. The number of carbonyl (C=O) groups is 1. The van der Waals surface area contributed by atoms with E-state index < -0.39 is 23.3 Å². The second-order valence-corrected chi connectivity index (χ2v) is 9.59. The molecule has 3 aromatic rings. The van der Waals surface area contributed by atoms with Crippen LogP contribution in [0.4, 0.5) is 13.2 Å². The number of aryl methyl sites for hydroxylation is 2. The second kappa shape index (κ2) is 10.3. The Morgan fingerprint density at radius 3 is 2.31 bits per heavy atom. The third-order valence-electron chi connectivity index (χ3n) is 5.25. The van der Waals surface area contributed by atoms with Gasteiger partial charge in [-0.15, -0.1) is 11.3 Å². The number of thiazole rings is 1. The second-order valence-electron chi connectivity index (χ2n) is 8.56. The third kappa shape index (κ3) is 6.33. The molecule has 1 atom stereocenters. The monoisotopic (exact) mass is 507 g/mol. The minimum absolute atomic E-state index is 0.271. The zero-order chi connectivity index (χ0) is 26.0. The fourth-order valence-electron chi connectivity index (χ4n) is 3.40. The molecule has 9 heteroatoms. The molecule has 1 aromatic heterocycles. The standard InChI is InChI=1S/C26H28F3NO4S/c1-7-32-24(31)25(5,6)34-21-13-12-20(14-15(21)2)33-17(4)22-16(3)30-23(35-22)18-8-10-19(11-9-18)26(27,28)29/h8-14,17H,7H2,1-6H3. The molecule has 1 unspecified atom stereocenters. The zero-order valence-corrected chi connectivity index (χ0v) is 21.3. The number of halogens is 3. The molecule has 5 nitrogen and oxygen atoms in total. The molecule has 0 amide bonds. The fourth-order valence-corrected chi connectivity index (χ4v) is 4.45. The summed E-state index contributed by atoms with van der Waals surface area (Å²) in [5, 5.41) is 0.628. The molecule has 0 aliphatic carbocycles. The van der Waals surface area contributed by atoms with Crippen LogP contribution in [0.2, 0.25) is 0 Å². The van der Waals surface area contributed by atoms with Crippen molar-refractivity contribution >= 4 is 17.3 Å². The molecular formula is C26H28F3NO4S. The number of alkyl halides is 3. The van der Waals surface area contributed by atoms with E-state index in [2.05, 4.69) is 4.98 Å². The Morgan fingerprint density at radius 2 is 1.74 bits per heavy atom. The van der Waals surface area contributed by atoms with Crippen LogP contribution < -0.4 is 9.47 Å². The fraction of sp³-hybridized carbons (Fsp3) is 0.385. The Bertz CT molecular complexity index is 1190. The number of aromatic nitrogens is 1. The van der Waals surface area contributed by atoms with Gasteiger partial charge in [0.05, 0.1) is 22.7 Å². The number of ether oxygens (including phenoxy) is 3. The highest BCUT2D eigenvalue weighted by molar-refractivity contribution is 7.15. The van der Waals surface area contributed by atoms with Crippen molar-refractivity contribution in [3.63, 3.8) is 0 Å². The van der Waals surface area contributed by atoms with Gasteiger partial charge in [0.15, 0.2) is 5.60 Å². The SMILES string of the molecule is CCOC(=O)C(C)(C)Oc1ccc(OC(C)c2sc(-c3ccc(C(F)(F)F)cc3)nc2C)cc1C. The van der Waals surface area contributed by atoms with Crippen LogP contribution in [0.5, 0.6) is 11.5 Å². The Balaban J connectivity index is 1.73. The van der Waals surface area contributed by atoms with E-state index in [1.807, 2.05) is 26.8 Å². The normalized spacial score (nSPS) is 12.8. The van der Waals surface area contributed by atoms with Gasteiger partial charge in [0, 0.05) is 5.56 Å². The number of benzene rings is 2. The van der Waals surface area contributed by atoms with E-state index in [0.717, 1.165) is 28.3 Å². The molecule has 0 aliphatic rings. The lowest BCUT2D eigenvalue weighted by molar-refractivity contribution is -0.158. The quantitative estimate of drug-likeness (QED) is 0.299. The highest BCUT2D eigenvalue weighted by Crippen LogP contribution is 2.36. The average Bonchev–Trinajstić information content (AvgIpc) is 3.17. The summed E-state index contributed by atoms with van der Waals surface area (Å²) < 4.78 is 55.6. The molecule has 0 fully saturated rings. The van der Waals surface area contributed by atoms with Gasteiger partial charge >= 0.3 is 12.1 Å². The molecule has 188 valence electrons. The molecule has 35 heavy (non-hydrogen) atoms. The summed E-state index contributed by atoms with van der Waals surface area (Å²) >= 11 is 1.38. The minimum atomic E-state index is -4.38. The molecule has 0 saturated heterocycles. The number of rotatable bonds is 8. The van der Waals surface area contributed by atoms with Crippen molar-refractivity contribution in [1.82, 2.24) is 4.98 Å². The molecule has 0 N–H and O–H groups in total. The molecule has 1 heterocycles. The average molecular weight is 508 g/mol. The molecule has 0 aliphatic heterocycles. The van der Waals surface area contributed by atoms with Crippen molar-refractivity contribution in [3.05, 3.63) is 64.2 Å². The van der Waals surface area contributed by atoms with Crippen LogP contribution >= 0.6 is 11.3 Å². The van der Waals surface area contributed by atoms with Crippen molar-refractivity contribution in [2.75, 3.05) is 6.61 Å². The van der Waals surface area contributed by atoms with Crippen LogP contribution in [0.15, 0.2) is 42.5 Å². The van der Waals surface area contributed by atoms with E-state index in [1.54, 1.807) is 32.9 Å². The van der Waals surface area contributed by atoms with Gasteiger partial charge in [-0.25, -0.2) is 9.78 Å². The van der Waals surface area contributed by atoms with Crippen LogP contribution in [0.3, 0.4) is 0 Å². The van der Waals surface area contributed by atoms with E-state index in [9.17, 15) is 18.0 Å². The number of nitrogens with zero attached hydrogens (tertiary/aromatic N) is 1. The first-order valence-corrected chi connectivity index (χ1v) is 11.9. The van der Waals surface area contributed by atoms with Gasteiger partial charge in [0.25, 0.3) is 0 Å². The van der Waals surface area contributed by atoms with Gasteiger partial charge in [-0.3, -0.25) is 0 Å². The first kappa shape index (κ1) is 26.5.